The zero-order valence-corrected chi connectivity index (χ0v) is 14.4. The molecule has 24 heavy (non-hydrogen) atoms. The molecule has 5 nitrogen and oxygen atoms in total. The van der Waals surface area contributed by atoms with Crippen LogP contribution in [0.4, 0.5) is 4.79 Å². The fraction of sp³-hybridized carbons (Fsp3) is 0.474. The molecule has 1 aliphatic rings. The van der Waals surface area contributed by atoms with Gasteiger partial charge in [-0.2, -0.15) is 0 Å². The number of benzene rings is 1. The molecule has 1 saturated heterocycles. The van der Waals surface area contributed by atoms with E-state index >= 15 is 0 Å². The third-order valence-corrected chi connectivity index (χ3v) is 4.09. The van der Waals surface area contributed by atoms with E-state index in [1.807, 2.05) is 36.4 Å². The predicted octanol–water partition coefficient (Wildman–Crippen LogP) is 3.54. The largest absolute Gasteiger partial charge is 0.463 e. The summed E-state index contributed by atoms with van der Waals surface area (Å²) in [5.74, 6) is 0.0368. The molecule has 1 fully saturated rings. The first kappa shape index (κ1) is 18.0. The van der Waals surface area contributed by atoms with Gasteiger partial charge in [-0.1, -0.05) is 36.4 Å². The first-order chi connectivity index (χ1) is 11.6. The van der Waals surface area contributed by atoms with Crippen molar-refractivity contribution in [2.75, 3.05) is 19.7 Å². The van der Waals surface area contributed by atoms with Crippen LogP contribution in [0.1, 0.15) is 32.3 Å². The monoisotopic (exact) mass is 331 g/mol. The standard InChI is InChI=1S/C19H25NO4/c1-3-23-18(21)15(2)13-16-9-11-20(12-10-16)19(22)24-14-17-7-5-4-6-8-17/h4-8,13,16H,3,9-12,14H2,1-2H3/b15-13+. The van der Waals surface area contributed by atoms with Crippen LogP contribution in [0.25, 0.3) is 0 Å². The molecule has 5 heteroatoms. The lowest BCUT2D eigenvalue weighted by molar-refractivity contribution is -0.138. The van der Waals surface area contributed by atoms with Gasteiger partial charge in [0.15, 0.2) is 0 Å². The van der Waals surface area contributed by atoms with Crippen molar-refractivity contribution in [1.29, 1.82) is 0 Å². The first-order valence-corrected chi connectivity index (χ1v) is 8.41. The summed E-state index contributed by atoms with van der Waals surface area (Å²) >= 11 is 0. The number of likely N-dealkylation sites (tertiary alicyclic amines) is 1. The quantitative estimate of drug-likeness (QED) is 0.612. The number of rotatable bonds is 5. The SMILES string of the molecule is CCOC(=O)/C(C)=C/C1CCN(C(=O)OCc2ccccc2)CC1. The predicted molar refractivity (Wildman–Crippen MR) is 91.3 cm³/mol. The zero-order valence-electron chi connectivity index (χ0n) is 14.4. The number of esters is 1. The Morgan fingerprint density at radius 2 is 1.83 bits per heavy atom. The molecule has 0 saturated carbocycles. The lowest BCUT2D eigenvalue weighted by Crippen LogP contribution is -2.38. The highest BCUT2D eigenvalue weighted by Crippen LogP contribution is 2.21. The van der Waals surface area contributed by atoms with E-state index in [1.54, 1.807) is 18.7 Å². The van der Waals surface area contributed by atoms with E-state index in [1.165, 1.54) is 0 Å². The summed E-state index contributed by atoms with van der Waals surface area (Å²) in [6, 6.07) is 9.65. The van der Waals surface area contributed by atoms with Crippen molar-refractivity contribution >= 4 is 12.1 Å². The number of nitrogens with zero attached hydrogens (tertiary/aromatic N) is 1. The van der Waals surface area contributed by atoms with E-state index in [0.717, 1.165) is 18.4 Å². The van der Waals surface area contributed by atoms with Crippen molar-refractivity contribution < 1.29 is 19.1 Å². The molecule has 0 aliphatic carbocycles. The number of amides is 1. The summed E-state index contributed by atoms with van der Waals surface area (Å²) in [7, 11) is 0. The molecular weight excluding hydrogens is 306 g/mol. The Kier molecular flexibility index (Phi) is 6.85. The summed E-state index contributed by atoms with van der Waals surface area (Å²) in [5, 5.41) is 0. The minimum Gasteiger partial charge on any atom is -0.463 e. The van der Waals surface area contributed by atoms with E-state index in [0.29, 0.717) is 37.8 Å². The van der Waals surface area contributed by atoms with Crippen LogP contribution in [-0.2, 0) is 20.9 Å². The third-order valence-electron chi connectivity index (χ3n) is 4.09. The highest BCUT2D eigenvalue weighted by Gasteiger charge is 2.23. The summed E-state index contributed by atoms with van der Waals surface area (Å²) in [4.78, 5) is 25.5. The van der Waals surface area contributed by atoms with Crippen LogP contribution in [0.15, 0.2) is 42.0 Å². The molecule has 1 aromatic rings. The van der Waals surface area contributed by atoms with Crippen LogP contribution in [0.3, 0.4) is 0 Å². The Morgan fingerprint density at radius 1 is 1.17 bits per heavy atom. The van der Waals surface area contributed by atoms with Gasteiger partial charge in [-0.05, 0) is 38.2 Å². The first-order valence-electron chi connectivity index (χ1n) is 8.41. The second kappa shape index (κ2) is 9.11. The molecule has 0 bridgehead atoms. The Balaban J connectivity index is 1.76. The third kappa shape index (κ3) is 5.41. The zero-order chi connectivity index (χ0) is 17.4. The van der Waals surface area contributed by atoms with Crippen molar-refractivity contribution in [1.82, 2.24) is 4.90 Å². The maximum absolute atomic E-state index is 12.1. The van der Waals surface area contributed by atoms with E-state index in [2.05, 4.69) is 0 Å². The number of allylic oxidation sites excluding steroid dienone is 1. The van der Waals surface area contributed by atoms with Crippen LogP contribution in [0.2, 0.25) is 0 Å². The lowest BCUT2D eigenvalue weighted by atomic mass is 9.95. The molecule has 2 rings (SSSR count). The van der Waals surface area contributed by atoms with Crippen LogP contribution in [0, 0.1) is 5.92 Å². The van der Waals surface area contributed by atoms with Gasteiger partial charge in [-0.3, -0.25) is 0 Å². The van der Waals surface area contributed by atoms with Gasteiger partial charge < -0.3 is 14.4 Å². The van der Waals surface area contributed by atoms with Gasteiger partial charge in [-0.25, -0.2) is 9.59 Å². The maximum atomic E-state index is 12.1. The minimum absolute atomic E-state index is 0.262. The molecule has 0 N–H and O–H groups in total. The second-order valence-electron chi connectivity index (χ2n) is 5.93. The fourth-order valence-corrected chi connectivity index (χ4v) is 2.73. The number of hydrogen-bond donors (Lipinski definition) is 0. The maximum Gasteiger partial charge on any atom is 0.410 e. The summed E-state index contributed by atoms with van der Waals surface area (Å²) in [5.41, 5.74) is 1.62. The average Bonchev–Trinajstić information content (AvgIpc) is 2.61. The molecule has 1 aliphatic heterocycles. The molecule has 130 valence electrons. The van der Waals surface area contributed by atoms with Gasteiger partial charge >= 0.3 is 12.1 Å². The van der Waals surface area contributed by atoms with Gasteiger partial charge in [0.25, 0.3) is 0 Å². The molecule has 0 radical (unpaired) electrons. The van der Waals surface area contributed by atoms with Crippen molar-refractivity contribution in [3.63, 3.8) is 0 Å². The lowest BCUT2D eigenvalue weighted by Gasteiger charge is -2.30. The Labute approximate surface area is 143 Å². The molecule has 0 spiro atoms. The topological polar surface area (TPSA) is 55.8 Å². The number of carbonyl (C=O) groups is 2. The molecule has 0 atom stereocenters. The number of ether oxygens (including phenoxy) is 2. The summed E-state index contributed by atoms with van der Waals surface area (Å²) in [6.07, 6.45) is 3.35. The smallest absolute Gasteiger partial charge is 0.410 e. The number of hydrogen-bond acceptors (Lipinski definition) is 4. The van der Waals surface area contributed by atoms with E-state index in [-0.39, 0.29) is 12.1 Å². The van der Waals surface area contributed by atoms with Crippen LogP contribution >= 0.6 is 0 Å². The van der Waals surface area contributed by atoms with Crippen LogP contribution in [0.5, 0.6) is 0 Å². The molecule has 1 aromatic carbocycles. The van der Waals surface area contributed by atoms with Gasteiger partial charge in [-0.15, -0.1) is 0 Å². The van der Waals surface area contributed by atoms with E-state index in [9.17, 15) is 9.59 Å². The number of piperidine rings is 1. The van der Waals surface area contributed by atoms with Crippen LogP contribution in [-0.4, -0.2) is 36.7 Å². The fourth-order valence-electron chi connectivity index (χ4n) is 2.73. The van der Waals surface area contributed by atoms with Gasteiger partial charge in [0.2, 0.25) is 0 Å². The molecule has 1 heterocycles. The normalized spacial score (nSPS) is 15.9. The van der Waals surface area contributed by atoms with Crippen molar-refractivity contribution in [3.8, 4) is 0 Å². The van der Waals surface area contributed by atoms with Gasteiger partial charge in [0.05, 0.1) is 6.61 Å². The second-order valence-corrected chi connectivity index (χ2v) is 5.93. The van der Waals surface area contributed by atoms with Gasteiger partial charge in [0.1, 0.15) is 6.61 Å². The molecule has 1 amide bonds. The molecular formula is C19H25NO4. The van der Waals surface area contributed by atoms with Crippen LogP contribution < -0.4 is 0 Å². The highest BCUT2D eigenvalue weighted by atomic mass is 16.6. The molecule has 0 unspecified atom stereocenters. The van der Waals surface area contributed by atoms with Gasteiger partial charge in [0, 0.05) is 18.7 Å². The minimum atomic E-state index is -0.275. The highest BCUT2D eigenvalue weighted by molar-refractivity contribution is 5.87. The number of carbonyl (C=O) groups excluding carboxylic acids is 2. The van der Waals surface area contributed by atoms with Crippen molar-refractivity contribution in [3.05, 3.63) is 47.5 Å². The Morgan fingerprint density at radius 3 is 2.46 bits per heavy atom. The Hall–Kier alpha value is -2.30. The van der Waals surface area contributed by atoms with Crippen molar-refractivity contribution in [2.24, 2.45) is 5.92 Å². The summed E-state index contributed by atoms with van der Waals surface area (Å²) in [6.45, 7) is 5.54. The Bertz CT molecular complexity index is 574. The van der Waals surface area contributed by atoms with E-state index < -0.39 is 0 Å². The van der Waals surface area contributed by atoms with Crippen molar-refractivity contribution in [2.45, 2.75) is 33.3 Å². The summed E-state index contributed by atoms with van der Waals surface area (Å²) < 4.78 is 10.3. The van der Waals surface area contributed by atoms with E-state index in [4.69, 9.17) is 9.47 Å². The average molecular weight is 331 g/mol. The molecule has 0 aromatic heterocycles.